The Labute approximate surface area is 101 Å². The van der Waals surface area contributed by atoms with E-state index in [1.807, 2.05) is 24.3 Å². The van der Waals surface area contributed by atoms with Crippen LogP contribution in [0.3, 0.4) is 0 Å². The lowest BCUT2D eigenvalue weighted by Crippen LogP contribution is -2.17. The van der Waals surface area contributed by atoms with Gasteiger partial charge in [0.2, 0.25) is 0 Å². The molecule has 17 heavy (non-hydrogen) atoms. The van der Waals surface area contributed by atoms with Crippen molar-refractivity contribution in [3.63, 3.8) is 0 Å². The average Bonchev–Trinajstić information content (AvgIpc) is 2.75. The van der Waals surface area contributed by atoms with Gasteiger partial charge in [-0.1, -0.05) is 25.5 Å². The molecule has 0 N–H and O–H groups in total. The minimum Gasteiger partial charge on any atom is -0.292 e. The molecule has 1 aliphatic rings. The lowest BCUT2D eigenvalue weighted by molar-refractivity contribution is 0.276. The van der Waals surface area contributed by atoms with Gasteiger partial charge in [0.25, 0.3) is 0 Å². The normalized spacial score (nSPS) is 15.4. The van der Waals surface area contributed by atoms with Gasteiger partial charge in [-0.3, -0.25) is 4.90 Å². The molecule has 0 saturated heterocycles. The summed E-state index contributed by atoms with van der Waals surface area (Å²) in [6, 6.07) is 8.12. The molecule has 3 rings (SSSR count). The molecule has 3 heteroatoms. The number of hydrogen-bond donors (Lipinski definition) is 0. The topological polar surface area (TPSA) is 29.0 Å². The lowest BCUT2D eigenvalue weighted by atomic mass is 10.2. The monoisotopic (exact) mass is 227 g/mol. The van der Waals surface area contributed by atoms with E-state index in [9.17, 15) is 0 Å². The fraction of sp³-hybridized carbons (Fsp3) is 0.429. The van der Waals surface area contributed by atoms with Crippen LogP contribution in [0.5, 0.6) is 0 Å². The molecule has 88 valence electrons. The molecule has 0 saturated carbocycles. The molecule has 3 nitrogen and oxygen atoms in total. The molecule has 1 aliphatic heterocycles. The highest BCUT2D eigenvalue weighted by molar-refractivity contribution is 5.74. The van der Waals surface area contributed by atoms with Gasteiger partial charge in [0.05, 0.1) is 22.4 Å². The molecule has 0 atom stereocenters. The van der Waals surface area contributed by atoms with Crippen molar-refractivity contribution in [3.05, 3.63) is 35.7 Å². The van der Waals surface area contributed by atoms with Crippen LogP contribution < -0.4 is 0 Å². The van der Waals surface area contributed by atoms with Gasteiger partial charge >= 0.3 is 0 Å². The van der Waals surface area contributed by atoms with Crippen molar-refractivity contribution in [1.82, 2.24) is 14.9 Å². The molecule has 0 spiro atoms. The van der Waals surface area contributed by atoms with Crippen LogP contribution in [0.4, 0.5) is 0 Å². The molecule has 0 unspecified atom stereocenters. The van der Waals surface area contributed by atoms with Gasteiger partial charge in [-0.2, -0.15) is 0 Å². The smallest absolute Gasteiger partial charge is 0.0890 e. The summed E-state index contributed by atoms with van der Waals surface area (Å²) in [6.45, 7) is 5.32. The lowest BCUT2D eigenvalue weighted by Gasteiger charge is -2.12. The first-order chi connectivity index (χ1) is 8.36. The maximum Gasteiger partial charge on any atom is 0.0890 e. The van der Waals surface area contributed by atoms with Crippen LogP contribution >= 0.6 is 0 Å². The minimum atomic E-state index is 0.965. The quantitative estimate of drug-likeness (QED) is 0.807. The molecule has 0 fully saturated rings. The zero-order valence-electron chi connectivity index (χ0n) is 10.2. The highest BCUT2D eigenvalue weighted by Gasteiger charge is 2.21. The largest absolute Gasteiger partial charge is 0.292 e. The van der Waals surface area contributed by atoms with Crippen molar-refractivity contribution in [2.75, 3.05) is 6.54 Å². The van der Waals surface area contributed by atoms with Crippen LogP contribution in [0.1, 0.15) is 31.2 Å². The van der Waals surface area contributed by atoms with Gasteiger partial charge in [-0.05, 0) is 25.1 Å². The molecule has 2 heterocycles. The maximum atomic E-state index is 4.71. The van der Waals surface area contributed by atoms with Crippen LogP contribution in [-0.4, -0.2) is 21.4 Å². The number of para-hydroxylation sites is 2. The third-order valence-electron chi connectivity index (χ3n) is 3.30. The molecule has 2 aromatic rings. The van der Waals surface area contributed by atoms with E-state index in [0.29, 0.717) is 0 Å². The standard InChI is InChI=1S/C14H17N3/c1-2-3-8-17-9-13-14(10-17)16-12-7-5-4-6-11(12)15-13/h4-7H,2-3,8-10H2,1H3. The number of rotatable bonds is 3. The first-order valence-corrected chi connectivity index (χ1v) is 6.33. The Bertz CT molecular complexity index is 491. The molecular weight excluding hydrogens is 210 g/mol. The summed E-state index contributed by atoms with van der Waals surface area (Å²) in [4.78, 5) is 11.9. The number of nitrogens with zero attached hydrogens (tertiary/aromatic N) is 3. The number of hydrogen-bond acceptors (Lipinski definition) is 3. The van der Waals surface area contributed by atoms with Crippen molar-refractivity contribution in [2.45, 2.75) is 32.9 Å². The Hall–Kier alpha value is -1.48. The van der Waals surface area contributed by atoms with Crippen LogP contribution in [0.15, 0.2) is 24.3 Å². The second-order valence-corrected chi connectivity index (χ2v) is 4.67. The molecular formula is C14H17N3. The molecule has 0 bridgehead atoms. The van der Waals surface area contributed by atoms with Crippen LogP contribution in [-0.2, 0) is 13.1 Å². The van der Waals surface area contributed by atoms with E-state index in [1.54, 1.807) is 0 Å². The molecule has 1 aromatic carbocycles. The number of unbranched alkanes of at least 4 members (excludes halogenated alkanes) is 1. The van der Waals surface area contributed by atoms with E-state index in [4.69, 9.17) is 9.97 Å². The van der Waals surface area contributed by atoms with Gasteiger partial charge in [0, 0.05) is 13.1 Å². The van der Waals surface area contributed by atoms with E-state index in [0.717, 1.165) is 30.7 Å². The predicted octanol–water partition coefficient (Wildman–Crippen LogP) is 2.75. The van der Waals surface area contributed by atoms with Gasteiger partial charge in [0.15, 0.2) is 0 Å². The Morgan fingerprint density at radius 1 is 1.06 bits per heavy atom. The third-order valence-corrected chi connectivity index (χ3v) is 3.30. The first-order valence-electron chi connectivity index (χ1n) is 6.33. The summed E-state index contributed by atoms with van der Waals surface area (Å²) in [5, 5.41) is 0. The Morgan fingerprint density at radius 2 is 1.65 bits per heavy atom. The van der Waals surface area contributed by atoms with Crippen LogP contribution in [0.2, 0.25) is 0 Å². The highest BCUT2D eigenvalue weighted by Crippen LogP contribution is 2.22. The predicted molar refractivity (Wildman–Crippen MR) is 68.6 cm³/mol. The SMILES string of the molecule is CCCCN1Cc2nc3ccccc3nc2C1. The van der Waals surface area contributed by atoms with E-state index < -0.39 is 0 Å². The Morgan fingerprint density at radius 3 is 2.18 bits per heavy atom. The molecule has 0 aliphatic carbocycles. The number of aromatic nitrogens is 2. The molecule has 1 aromatic heterocycles. The zero-order valence-corrected chi connectivity index (χ0v) is 10.2. The summed E-state index contributed by atoms with van der Waals surface area (Å²) in [5.74, 6) is 0. The molecule has 0 radical (unpaired) electrons. The Balaban J connectivity index is 1.89. The average molecular weight is 227 g/mol. The highest BCUT2D eigenvalue weighted by atomic mass is 15.2. The fourth-order valence-corrected chi connectivity index (χ4v) is 2.35. The molecule has 0 amide bonds. The third kappa shape index (κ3) is 2.03. The summed E-state index contributed by atoms with van der Waals surface area (Å²) in [5.41, 5.74) is 4.37. The summed E-state index contributed by atoms with van der Waals surface area (Å²) >= 11 is 0. The van der Waals surface area contributed by atoms with Crippen molar-refractivity contribution < 1.29 is 0 Å². The first kappa shape index (κ1) is 10.7. The Kier molecular flexibility index (Phi) is 2.77. The van der Waals surface area contributed by atoms with E-state index in [2.05, 4.69) is 11.8 Å². The van der Waals surface area contributed by atoms with Gasteiger partial charge in [0.1, 0.15) is 0 Å². The second kappa shape index (κ2) is 4.41. The second-order valence-electron chi connectivity index (χ2n) is 4.67. The van der Waals surface area contributed by atoms with E-state index in [-0.39, 0.29) is 0 Å². The van der Waals surface area contributed by atoms with Crippen molar-refractivity contribution >= 4 is 11.0 Å². The number of fused-ring (bicyclic) bond motifs is 2. The van der Waals surface area contributed by atoms with E-state index in [1.165, 1.54) is 24.2 Å². The van der Waals surface area contributed by atoms with Crippen molar-refractivity contribution in [3.8, 4) is 0 Å². The van der Waals surface area contributed by atoms with Crippen LogP contribution in [0, 0.1) is 0 Å². The summed E-state index contributed by atoms with van der Waals surface area (Å²) in [7, 11) is 0. The van der Waals surface area contributed by atoms with E-state index >= 15 is 0 Å². The van der Waals surface area contributed by atoms with Crippen LogP contribution in [0.25, 0.3) is 11.0 Å². The van der Waals surface area contributed by atoms with Crippen molar-refractivity contribution in [1.29, 1.82) is 0 Å². The summed E-state index contributed by atoms with van der Waals surface area (Å²) in [6.07, 6.45) is 2.50. The maximum absolute atomic E-state index is 4.71. The fourth-order valence-electron chi connectivity index (χ4n) is 2.35. The number of benzene rings is 1. The zero-order chi connectivity index (χ0) is 11.7. The summed E-state index contributed by atoms with van der Waals surface area (Å²) < 4.78 is 0. The van der Waals surface area contributed by atoms with Gasteiger partial charge in [-0.15, -0.1) is 0 Å². The van der Waals surface area contributed by atoms with Gasteiger partial charge < -0.3 is 0 Å². The van der Waals surface area contributed by atoms with Gasteiger partial charge in [-0.25, -0.2) is 9.97 Å². The van der Waals surface area contributed by atoms with Crippen molar-refractivity contribution in [2.24, 2.45) is 0 Å². The minimum absolute atomic E-state index is 0.965.